The fraction of sp³-hybridized carbons (Fsp3) is 0.0455. The molecule has 0 saturated heterocycles. The molecule has 3 aromatic carbocycles. The van der Waals surface area contributed by atoms with Gasteiger partial charge in [-0.3, -0.25) is 19.8 Å². The predicted octanol–water partition coefficient (Wildman–Crippen LogP) is 4.63. The van der Waals surface area contributed by atoms with Gasteiger partial charge in [0.1, 0.15) is 0 Å². The van der Waals surface area contributed by atoms with E-state index in [1.165, 1.54) is 0 Å². The second kappa shape index (κ2) is 7.36. The number of carbonyl (C=O) groups is 2. The number of aryl methyl sites for hydroxylation is 1. The van der Waals surface area contributed by atoms with E-state index in [0.29, 0.717) is 16.9 Å². The van der Waals surface area contributed by atoms with Crippen molar-refractivity contribution in [1.82, 2.24) is 0 Å². The molecule has 0 unspecified atom stereocenters. The van der Waals surface area contributed by atoms with Crippen LogP contribution in [0.3, 0.4) is 0 Å². The van der Waals surface area contributed by atoms with Gasteiger partial charge >= 0.3 is 6.09 Å². The van der Waals surface area contributed by atoms with Crippen LogP contribution < -0.4 is 10.2 Å². The van der Waals surface area contributed by atoms with E-state index in [4.69, 9.17) is 4.84 Å². The number of benzene rings is 3. The second-order valence-corrected chi connectivity index (χ2v) is 6.25. The first-order chi connectivity index (χ1) is 13.6. The average molecular weight is 371 g/mol. The standard InChI is InChI=1S/C22H17N3O3/c1-15-9-5-7-13-18(15)23-22(27)28-24-20-17-12-6-8-14-19(17)25(21(20)26)16-10-3-2-4-11-16/h2-14H,1H3,(H,23,27)/b24-20+. The highest BCUT2D eigenvalue weighted by Gasteiger charge is 2.35. The van der Waals surface area contributed by atoms with E-state index in [1.807, 2.05) is 73.7 Å². The number of oxime groups is 1. The summed E-state index contributed by atoms with van der Waals surface area (Å²) >= 11 is 0. The van der Waals surface area contributed by atoms with Crippen LogP contribution in [0, 0.1) is 6.92 Å². The molecule has 0 radical (unpaired) electrons. The summed E-state index contributed by atoms with van der Waals surface area (Å²) in [6.45, 7) is 1.87. The molecule has 0 spiro atoms. The molecule has 1 aliphatic heterocycles. The number of amides is 2. The molecule has 0 saturated carbocycles. The normalized spacial score (nSPS) is 14.1. The molecule has 1 N–H and O–H groups in total. The molecule has 0 aliphatic carbocycles. The largest absolute Gasteiger partial charge is 0.437 e. The molecule has 0 bridgehead atoms. The Hall–Kier alpha value is -3.93. The molecule has 6 heteroatoms. The van der Waals surface area contributed by atoms with Gasteiger partial charge in [-0.15, -0.1) is 0 Å². The van der Waals surface area contributed by atoms with Crippen LogP contribution in [-0.2, 0) is 9.63 Å². The molecule has 28 heavy (non-hydrogen) atoms. The van der Waals surface area contributed by atoms with Gasteiger partial charge in [0.15, 0.2) is 5.71 Å². The van der Waals surface area contributed by atoms with Crippen LogP contribution in [0.2, 0.25) is 0 Å². The molecular weight excluding hydrogens is 354 g/mol. The van der Waals surface area contributed by atoms with Gasteiger partial charge in [-0.2, -0.15) is 0 Å². The Morgan fingerprint density at radius 3 is 2.39 bits per heavy atom. The lowest BCUT2D eigenvalue weighted by atomic mass is 10.1. The third kappa shape index (κ3) is 3.23. The zero-order valence-corrected chi connectivity index (χ0v) is 15.1. The number of anilines is 3. The van der Waals surface area contributed by atoms with Crippen molar-refractivity contribution >= 4 is 34.8 Å². The molecule has 1 heterocycles. The molecule has 3 aromatic rings. The Morgan fingerprint density at radius 2 is 1.61 bits per heavy atom. The molecule has 1 aliphatic rings. The lowest BCUT2D eigenvalue weighted by Gasteiger charge is -2.16. The van der Waals surface area contributed by atoms with E-state index < -0.39 is 6.09 Å². The number of hydrogen-bond acceptors (Lipinski definition) is 4. The quantitative estimate of drug-likeness (QED) is 0.539. The van der Waals surface area contributed by atoms with Crippen molar-refractivity contribution in [3.8, 4) is 0 Å². The van der Waals surface area contributed by atoms with Crippen LogP contribution in [0.4, 0.5) is 21.9 Å². The van der Waals surface area contributed by atoms with Crippen LogP contribution in [-0.4, -0.2) is 17.7 Å². The number of para-hydroxylation sites is 3. The molecule has 2 amide bonds. The van der Waals surface area contributed by atoms with E-state index in [0.717, 1.165) is 11.3 Å². The van der Waals surface area contributed by atoms with Gasteiger partial charge in [0.2, 0.25) is 0 Å². The number of hydrogen-bond donors (Lipinski definition) is 1. The van der Waals surface area contributed by atoms with Crippen LogP contribution in [0.25, 0.3) is 0 Å². The lowest BCUT2D eigenvalue weighted by Crippen LogP contribution is -2.26. The van der Waals surface area contributed by atoms with Crippen molar-refractivity contribution in [2.24, 2.45) is 5.16 Å². The molecule has 0 atom stereocenters. The first-order valence-electron chi connectivity index (χ1n) is 8.75. The van der Waals surface area contributed by atoms with E-state index in [2.05, 4.69) is 10.5 Å². The van der Waals surface area contributed by atoms with Crippen molar-refractivity contribution in [3.63, 3.8) is 0 Å². The smallest absolute Gasteiger partial charge is 0.297 e. The Morgan fingerprint density at radius 1 is 0.929 bits per heavy atom. The Bertz CT molecular complexity index is 1080. The van der Waals surface area contributed by atoms with Crippen molar-refractivity contribution in [2.75, 3.05) is 10.2 Å². The number of carbonyl (C=O) groups excluding carboxylic acids is 2. The minimum Gasteiger partial charge on any atom is -0.297 e. The third-order valence-corrected chi connectivity index (χ3v) is 4.42. The third-order valence-electron chi connectivity index (χ3n) is 4.42. The van der Waals surface area contributed by atoms with Crippen LogP contribution in [0.1, 0.15) is 11.1 Å². The predicted molar refractivity (Wildman–Crippen MR) is 108 cm³/mol. The fourth-order valence-corrected chi connectivity index (χ4v) is 3.05. The van der Waals surface area contributed by atoms with E-state index >= 15 is 0 Å². The summed E-state index contributed by atoms with van der Waals surface area (Å²) in [6, 6.07) is 23.8. The number of fused-ring (bicyclic) bond motifs is 1. The van der Waals surface area contributed by atoms with Gasteiger partial charge in [0.25, 0.3) is 5.91 Å². The zero-order valence-electron chi connectivity index (χ0n) is 15.1. The van der Waals surface area contributed by atoms with Crippen LogP contribution >= 0.6 is 0 Å². The number of nitrogens with zero attached hydrogens (tertiary/aromatic N) is 2. The highest BCUT2D eigenvalue weighted by Crippen LogP contribution is 2.35. The monoisotopic (exact) mass is 371 g/mol. The van der Waals surface area contributed by atoms with E-state index in [9.17, 15) is 9.59 Å². The summed E-state index contributed by atoms with van der Waals surface area (Å²) in [5.41, 5.74) is 3.62. The SMILES string of the molecule is Cc1ccccc1NC(=O)O/N=C1/C(=O)N(c2ccccc2)c2ccccc21. The summed E-state index contributed by atoms with van der Waals surface area (Å²) in [5.74, 6) is -0.351. The van der Waals surface area contributed by atoms with Gasteiger partial charge in [-0.05, 0) is 36.8 Å². The lowest BCUT2D eigenvalue weighted by molar-refractivity contribution is -0.111. The summed E-state index contributed by atoms with van der Waals surface area (Å²) in [6.07, 6.45) is -0.759. The maximum absolute atomic E-state index is 13.0. The first kappa shape index (κ1) is 17.5. The van der Waals surface area contributed by atoms with Crippen molar-refractivity contribution in [3.05, 3.63) is 90.0 Å². The average Bonchev–Trinajstić information content (AvgIpc) is 3.00. The number of rotatable bonds is 3. The fourth-order valence-electron chi connectivity index (χ4n) is 3.05. The second-order valence-electron chi connectivity index (χ2n) is 6.25. The minimum absolute atomic E-state index is 0.0828. The highest BCUT2D eigenvalue weighted by atomic mass is 16.7. The maximum atomic E-state index is 13.0. The molecule has 138 valence electrons. The first-order valence-corrected chi connectivity index (χ1v) is 8.75. The van der Waals surface area contributed by atoms with Crippen molar-refractivity contribution in [1.29, 1.82) is 0 Å². The van der Waals surface area contributed by atoms with Crippen molar-refractivity contribution < 1.29 is 14.4 Å². The zero-order chi connectivity index (χ0) is 19.5. The van der Waals surface area contributed by atoms with Gasteiger partial charge in [-0.25, -0.2) is 4.79 Å². The molecular formula is C22H17N3O3. The molecule has 0 fully saturated rings. The molecule has 6 nitrogen and oxygen atoms in total. The summed E-state index contributed by atoms with van der Waals surface area (Å²) in [7, 11) is 0. The van der Waals surface area contributed by atoms with E-state index in [-0.39, 0.29) is 11.6 Å². The molecule has 0 aromatic heterocycles. The van der Waals surface area contributed by atoms with Gasteiger partial charge in [0, 0.05) is 16.9 Å². The Balaban J connectivity index is 1.60. The summed E-state index contributed by atoms with van der Waals surface area (Å²) in [5, 5.41) is 6.48. The number of nitrogens with one attached hydrogen (secondary N) is 1. The molecule has 4 rings (SSSR count). The van der Waals surface area contributed by atoms with E-state index in [1.54, 1.807) is 17.0 Å². The Kier molecular flexibility index (Phi) is 4.60. The summed E-state index contributed by atoms with van der Waals surface area (Å²) < 4.78 is 0. The van der Waals surface area contributed by atoms with Crippen LogP contribution in [0.15, 0.2) is 84.0 Å². The van der Waals surface area contributed by atoms with Crippen LogP contribution in [0.5, 0.6) is 0 Å². The topological polar surface area (TPSA) is 71.0 Å². The highest BCUT2D eigenvalue weighted by molar-refractivity contribution is 6.55. The maximum Gasteiger partial charge on any atom is 0.437 e. The van der Waals surface area contributed by atoms with Crippen molar-refractivity contribution in [2.45, 2.75) is 6.92 Å². The summed E-state index contributed by atoms with van der Waals surface area (Å²) in [4.78, 5) is 31.6. The van der Waals surface area contributed by atoms with Gasteiger partial charge in [-0.1, -0.05) is 59.8 Å². The Labute approximate surface area is 162 Å². The van der Waals surface area contributed by atoms with Gasteiger partial charge in [0.05, 0.1) is 5.69 Å². The van der Waals surface area contributed by atoms with Gasteiger partial charge < -0.3 is 0 Å². The minimum atomic E-state index is -0.759.